The summed E-state index contributed by atoms with van der Waals surface area (Å²) in [5, 5.41) is 13.2. The molecule has 0 saturated carbocycles. The molecule has 6 heteroatoms. The van der Waals surface area contributed by atoms with Crippen LogP contribution in [0.3, 0.4) is 0 Å². The summed E-state index contributed by atoms with van der Waals surface area (Å²) in [7, 11) is 1.67. The Kier molecular flexibility index (Phi) is 7.32. The summed E-state index contributed by atoms with van der Waals surface area (Å²) >= 11 is 1.64. The summed E-state index contributed by atoms with van der Waals surface area (Å²) in [5.41, 5.74) is 2.67. The maximum Gasteiger partial charge on any atom is 0.309 e. The second-order valence-corrected chi connectivity index (χ2v) is 9.74. The van der Waals surface area contributed by atoms with Gasteiger partial charge in [-0.1, -0.05) is 17.9 Å². The van der Waals surface area contributed by atoms with Crippen molar-refractivity contribution >= 4 is 28.2 Å². The van der Waals surface area contributed by atoms with Gasteiger partial charge < -0.3 is 9.84 Å². The number of nitrogens with zero attached hydrogens (tertiary/aromatic N) is 2. The fourth-order valence-electron chi connectivity index (χ4n) is 4.69. The molecule has 0 aliphatic carbocycles. The zero-order chi connectivity index (χ0) is 23.3. The summed E-state index contributed by atoms with van der Waals surface area (Å²) in [6, 6.07) is 9.96. The first-order valence-electron chi connectivity index (χ1n) is 11.4. The predicted molar refractivity (Wildman–Crippen MR) is 133 cm³/mol. The van der Waals surface area contributed by atoms with Crippen LogP contribution >= 0.6 is 11.3 Å². The number of fused-ring (bicyclic) bond motifs is 1. The van der Waals surface area contributed by atoms with Crippen molar-refractivity contribution in [3.63, 3.8) is 0 Å². The first-order chi connectivity index (χ1) is 16.0. The van der Waals surface area contributed by atoms with Gasteiger partial charge >= 0.3 is 5.97 Å². The van der Waals surface area contributed by atoms with Crippen molar-refractivity contribution in [1.82, 2.24) is 9.88 Å². The molecule has 3 heterocycles. The van der Waals surface area contributed by atoms with Crippen LogP contribution in [0.25, 0.3) is 10.9 Å². The highest BCUT2D eigenvalue weighted by atomic mass is 32.1. The molecular weight excluding hydrogens is 432 g/mol. The first-order valence-corrected chi connectivity index (χ1v) is 12.3. The molecule has 0 bridgehead atoms. The average molecular weight is 463 g/mol. The van der Waals surface area contributed by atoms with Crippen LogP contribution in [0, 0.1) is 24.2 Å². The number of carboxylic acids is 1. The molecule has 1 aromatic carbocycles. The molecule has 5 nitrogen and oxygen atoms in total. The van der Waals surface area contributed by atoms with Crippen LogP contribution in [0.1, 0.15) is 41.7 Å². The van der Waals surface area contributed by atoms with E-state index in [1.54, 1.807) is 18.4 Å². The lowest BCUT2D eigenvalue weighted by Crippen LogP contribution is -2.44. The Hall–Kier alpha value is -2.88. The third-order valence-corrected chi connectivity index (χ3v) is 7.57. The van der Waals surface area contributed by atoms with Gasteiger partial charge in [0.2, 0.25) is 0 Å². The molecule has 0 unspecified atom stereocenters. The van der Waals surface area contributed by atoms with Crippen molar-refractivity contribution in [2.45, 2.75) is 39.0 Å². The Morgan fingerprint density at radius 1 is 1.30 bits per heavy atom. The van der Waals surface area contributed by atoms with Gasteiger partial charge in [-0.15, -0.1) is 11.3 Å². The van der Waals surface area contributed by atoms with E-state index in [1.165, 1.54) is 5.56 Å². The molecule has 1 N–H and O–H groups in total. The average Bonchev–Trinajstić information content (AvgIpc) is 3.34. The Balaban J connectivity index is 1.39. The standard InChI is InChI=1S/C27H30N2O3S/c1-20-19-28-25-10-9-21(32-2)18-24(25)23(20)8-3-11-27(26(30)31)12-15-29(16-13-27)14-4-6-22-7-5-17-33-22/h5,7,9-10,17-19H,3,8,11-16H2,1-2H3,(H,30,31). The van der Waals surface area contributed by atoms with E-state index in [2.05, 4.69) is 28.6 Å². The minimum atomic E-state index is -0.662. The van der Waals surface area contributed by atoms with E-state index in [9.17, 15) is 9.90 Å². The quantitative estimate of drug-likeness (QED) is 0.492. The number of aliphatic carboxylic acids is 1. The molecule has 3 aromatic rings. The predicted octanol–water partition coefficient (Wildman–Crippen LogP) is 5.15. The zero-order valence-electron chi connectivity index (χ0n) is 19.3. The molecular formula is C27H30N2O3S. The lowest BCUT2D eigenvalue weighted by atomic mass is 9.74. The fourth-order valence-corrected chi connectivity index (χ4v) is 5.28. The van der Waals surface area contributed by atoms with Gasteiger partial charge in [-0.2, -0.15) is 0 Å². The van der Waals surface area contributed by atoms with Gasteiger partial charge in [0.25, 0.3) is 0 Å². The van der Waals surface area contributed by atoms with Crippen LogP contribution in [-0.4, -0.2) is 47.7 Å². The fraction of sp³-hybridized carbons (Fsp3) is 0.407. The van der Waals surface area contributed by atoms with Crippen molar-refractivity contribution in [2.75, 3.05) is 26.7 Å². The monoisotopic (exact) mass is 462 g/mol. The number of hydrogen-bond acceptors (Lipinski definition) is 5. The second kappa shape index (κ2) is 10.4. The summed E-state index contributed by atoms with van der Waals surface area (Å²) < 4.78 is 5.40. The van der Waals surface area contributed by atoms with Crippen LogP contribution in [0.2, 0.25) is 0 Å². The molecule has 172 valence electrons. The molecule has 1 aliphatic heterocycles. The number of pyridine rings is 1. The third kappa shape index (κ3) is 5.38. The maximum absolute atomic E-state index is 12.3. The van der Waals surface area contributed by atoms with Gasteiger partial charge in [0, 0.05) is 24.7 Å². The highest BCUT2D eigenvalue weighted by Gasteiger charge is 2.40. The Bertz CT molecular complexity index is 1170. The van der Waals surface area contributed by atoms with E-state index >= 15 is 0 Å². The second-order valence-electron chi connectivity index (χ2n) is 8.80. The van der Waals surface area contributed by atoms with Crippen molar-refractivity contribution in [3.8, 4) is 17.6 Å². The Morgan fingerprint density at radius 2 is 2.12 bits per heavy atom. The molecule has 1 aliphatic rings. The van der Waals surface area contributed by atoms with Gasteiger partial charge in [-0.25, -0.2) is 0 Å². The van der Waals surface area contributed by atoms with Gasteiger partial charge in [0.1, 0.15) is 5.75 Å². The molecule has 1 fully saturated rings. The largest absolute Gasteiger partial charge is 0.497 e. The Labute approximate surface area is 199 Å². The maximum atomic E-state index is 12.3. The molecule has 0 radical (unpaired) electrons. The third-order valence-electron chi connectivity index (χ3n) is 6.79. The van der Waals surface area contributed by atoms with Crippen LogP contribution in [-0.2, 0) is 11.2 Å². The number of aromatic nitrogens is 1. The summed E-state index contributed by atoms with van der Waals surface area (Å²) in [6.07, 6.45) is 5.61. The van der Waals surface area contributed by atoms with Gasteiger partial charge in [0.15, 0.2) is 0 Å². The number of methoxy groups -OCH3 is 1. The van der Waals surface area contributed by atoms with Crippen molar-refractivity contribution in [3.05, 3.63) is 57.9 Å². The van der Waals surface area contributed by atoms with E-state index in [1.807, 2.05) is 41.9 Å². The summed E-state index contributed by atoms with van der Waals surface area (Å²) in [5.74, 6) is 6.58. The van der Waals surface area contributed by atoms with Crippen molar-refractivity contribution < 1.29 is 14.6 Å². The molecule has 0 amide bonds. The lowest BCUT2D eigenvalue weighted by Gasteiger charge is -2.38. The number of piperidine rings is 1. The smallest absolute Gasteiger partial charge is 0.309 e. The van der Waals surface area contributed by atoms with Crippen molar-refractivity contribution in [1.29, 1.82) is 0 Å². The number of hydrogen-bond donors (Lipinski definition) is 1. The minimum absolute atomic E-state index is 0.647. The number of carbonyl (C=O) groups is 1. The van der Waals surface area contributed by atoms with Gasteiger partial charge in [-0.05, 0) is 79.8 Å². The number of aryl methyl sites for hydroxylation is 2. The Morgan fingerprint density at radius 3 is 2.82 bits per heavy atom. The molecule has 1 saturated heterocycles. The van der Waals surface area contributed by atoms with Crippen LogP contribution < -0.4 is 4.74 Å². The highest BCUT2D eigenvalue weighted by molar-refractivity contribution is 7.10. The summed E-state index contributed by atoms with van der Waals surface area (Å²) in [4.78, 5) is 20.2. The van der Waals surface area contributed by atoms with E-state index in [4.69, 9.17) is 4.74 Å². The normalized spacial score (nSPS) is 15.7. The zero-order valence-corrected chi connectivity index (χ0v) is 20.1. The molecule has 33 heavy (non-hydrogen) atoms. The molecule has 0 atom stereocenters. The van der Waals surface area contributed by atoms with Gasteiger partial charge in [0.05, 0.1) is 29.5 Å². The van der Waals surface area contributed by atoms with E-state index in [0.717, 1.165) is 53.0 Å². The van der Waals surface area contributed by atoms with Crippen molar-refractivity contribution in [2.24, 2.45) is 5.41 Å². The number of carboxylic acid groups (broad SMARTS) is 1. The number of thiophene rings is 1. The first kappa shape index (κ1) is 23.3. The molecule has 2 aromatic heterocycles. The number of rotatable bonds is 7. The van der Waals surface area contributed by atoms with Crippen LogP contribution in [0.5, 0.6) is 5.75 Å². The number of likely N-dealkylation sites (tertiary alicyclic amines) is 1. The van der Waals surface area contributed by atoms with Crippen LogP contribution in [0.15, 0.2) is 41.9 Å². The van der Waals surface area contributed by atoms with Crippen LogP contribution in [0.4, 0.5) is 0 Å². The van der Waals surface area contributed by atoms with E-state index < -0.39 is 11.4 Å². The number of benzene rings is 1. The number of ether oxygens (including phenoxy) is 1. The SMILES string of the molecule is COc1ccc2ncc(C)c(CCCC3(C(=O)O)CCN(CC#Cc4cccs4)CC3)c2c1. The summed E-state index contributed by atoms with van der Waals surface area (Å²) in [6.45, 7) is 4.32. The molecule has 0 spiro atoms. The van der Waals surface area contributed by atoms with Gasteiger partial charge in [-0.3, -0.25) is 14.7 Å². The lowest BCUT2D eigenvalue weighted by molar-refractivity contribution is -0.152. The highest BCUT2D eigenvalue weighted by Crippen LogP contribution is 2.37. The molecule has 4 rings (SSSR count). The topological polar surface area (TPSA) is 62.7 Å². The minimum Gasteiger partial charge on any atom is -0.497 e. The van der Waals surface area contributed by atoms with E-state index in [0.29, 0.717) is 25.8 Å². The van der Waals surface area contributed by atoms with E-state index in [-0.39, 0.29) is 0 Å².